The van der Waals surface area contributed by atoms with E-state index < -0.39 is 27.8 Å². The van der Waals surface area contributed by atoms with Crippen molar-refractivity contribution in [2.45, 2.75) is 13.1 Å². The summed E-state index contributed by atoms with van der Waals surface area (Å²) >= 11 is 0. The van der Waals surface area contributed by atoms with Crippen molar-refractivity contribution in [2.24, 2.45) is 5.16 Å². The summed E-state index contributed by atoms with van der Waals surface area (Å²) in [5.74, 6) is -0.591. The van der Waals surface area contributed by atoms with Gasteiger partial charge in [-0.1, -0.05) is 35.0 Å². The lowest BCUT2D eigenvalue weighted by molar-refractivity contribution is -0.0597. The highest BCUT2D eigenvalue weighted by Gasteiger charge is 2.38. The Morgan fingerprint density at radius 2 is 1.81 bits per heavy atom. The normalized spacial score (nSPS) is 13.3. The van der Waals surface area contributed by atoms with Crippen LogP contribution in [0.15, 0.2) is 29.4 Å². The number of alkyl halides is 3. The number of methoxy groups -OCH3 is 1. The molecule has 0 saturated carbocycles. The monoisotopic (exact) mass is 325 g/mol. The topological polar surface area (TPSA) is 65.0 Å². The van der Waals surface area contributed by atoms with Gasteiger partial charge in [0.25, 0.3) is 0 Å². The zero-order chi connectivity index (χ0) is 16.1. The summed E-state index contributed by atoms with van der Waals surface area (Å²) in [7, 11) is -2.97. The molecule has 0 heterocycles. The zero-order valence-electron chi connectivity index (χ0n) is 11.3. The first-order valence-corrected chi connectivity index (χ1v) is 7.36. The average molecular weight is 325 g/mol. The first-order valence-electron chi connectivity index (χ1n) is 5.78. The van der Waals surface area contributed by atoms with Crippen molar-refractivity contribution < 1.29 is 30.6 Å². The fraction of sp³-hybridized carbons (Fsp3) is 0.417. The van der Waals surface area contributed by atoms with Crippen LogP contribution in [0.3, 0.4) is 0 Å². The number of halogens is 3. The second-order valence-electron chi connectivity index (χ2n) is 4.13. The average Bonchev–Trinajstić information content (AvgIpc) is 2.37. The van der Waals surface area contributed by atoms with E-state index in [0.717, 1.165) is 5.56 Å². The van der Waals surface area contributed by atoms with Crippen LogP contribution >= 0.6 is 0 Å². The Bertz CT molecular complexity index is 594. The predicted molar refractivity (Wildman–Crippen MR) is 70.5 cm³/mol. The molecule has 21 heavy (non-hydrogen) atoms. The molecule has 1 rings (SSSR count). The molecule has 0 fully saturated rings. The minimum atomic E-state index is -4.84. The minimum Gasteiger partial charge on any atom is -0.383 e. The number of hydrogen-bond donors (Lipinski definition) is 0. The molecule has 0 N–H and O–H groups in total. The summed E-state index contributed by atoms with van der Waals surface area (Å²) in [5.41, 5.74) is -0.938. The Kier molecular flexibility index (Phi) is 5.73. The van der Waals surface area contributed by atoms with Crippen LogP contribution in [0.5, 0.6) is 0 Å². The number of benzene rings is 1. The summed E-state index contributed by atoms with van der Waals surface area (Å²) in [5, 5.41) is 2.77. The number of ether oxygens (including phenoxy) is 1. The Hall–Kier alpha value is -1.61. The van der Waals surface area contributed by atoms with Gasteiger partial charge in [-0.25, -0.2) is 0 Å². The summed E-state index contributed by atoms with van der Waals surface area (Å²) in [6, 6.07) is 5.28. The molecule has 0 spiro atoms. The second-order valence-corrected chi connectivity index (χ2v) is 5.81. The first-order chi connectivity index (χ1) is 9.65. The maximum Gasteiger partial charge on any atom is 0.437 e. The third kappa shape index (κ3) is 5.72. The summed E-state index contributed by atoms with van der Waals surface area (Å²) in [6.45, 7) is 1.50. The zero-order valence-corrected chi connectivity index (χ0v) is 12.2. The molecule has 0 radical (unpaired) electrons. The molecular formula is C12H14F3NO4S. The van der Waals surface area contributed by atoms with Crippen LogP contribution in [0, 0.1) is 6.92 Å². The highest BCUT2D eigenvalue weighted by atomic mass is 32.2. The van der Waals surface area contributed by atoms with Gasteiger partial charge >= 0.3 is 16.3 Å². The number of rotatable bonds is 6. The van der Waals surface area contributed by atoms with Gasteiger partial charge in [-0.2, -0.15) is 21.6 Å². The molecule has 0 aromatic heterocycles. The molecular weight excluding hydrogens is 311 g/mol. The number of hydrogen-bond acceptors (Lipinski definition) is 5. The number of nitrogens with zero attached hydrogens (tertiary/aromatic N) is 1. The van der Waals surface area contributed by atoms with Crippen LogP contribution in [0.2, 0.25) is 0 Å². The van der Waals surface area contributed by atoms with Gasteiger partial charge in [0.05, 0.1) is 6.61 Å². The van der Waals surface area contributed by atoms with E-state index in [9.17, 15) is 21.6 Å². The molecule has 0 bridgehead atoms. The smallest absolute Gasteiger partial charge is 0.383 e. The van der Waals surface area contributed by atoms with Gasteiger partial charge in [0, 0.05) is 12.7 Å². The van der Waals surface area contributed by atoms with Crippen LogP contribution in [-0.2, 0) is 19.1 Å². The molecule has 118 valence electrons. The molecule has 0 aliphatic rings. The van der Waals surface area contributed by atoms with Crippen LogP contribution < -0.4 is 0 Å². The van der Waals surface area contributed by atoms with Gasteiger partial charge < -0.3 is 4.74 Å². The van der Waals surface area contributed by atoms with E-state index in [1.54, 1.807) is 6.92 Å². The van der Waals surface area contributed by atoms with Gasteiger partial charge in [0.2, 0.25) is 0 Å². The molecule has 0 amide bonds. The van der Waals surface area contributed by atoms with Crippen molar-refractivity contribution >= 4 is 15.8 Å². The van der Waals surface area contributed by atoms with E-state index in [-0.39, 0.29) is 12.2 Å². The Balaban J connectivity index is 3.04. The van der Waals surface area contributed by atoms with Gasteiger partial charge in [0.1, 0.15) is 5.75 Å². The molecule has 0 aliphatic carbocycles. The van der Waals surface area contributed by atoms with Crippen LogP contribution in [0.25, 0.3) is 0 Å². The van der Waals surface area contributed by atoms with Crippen molar-refractivity contribution in [3.63, 3.8) is 0 Å². The third-order valence-corrected chi connectivity index (χ3v) is 3.34. The molecule has 5 nitrogen and oxygen atoms in total. The van der Waals surface area contributed by atoms with Crippen LogP contribution in [0.4, 0.5) is 13.2 Å². The van der Waals surface area contributed by atoms with Crippen molar-refractivity contribution in [2.75, 3.05) is 19.5 Å². The third-order valence-electron chi connectivity index (χ3n) is 2.37. The molecule has 9 heteroatoms. The van der Waals surface area contributed by atoms with E-state index >= 15 is 0 Å². The predicted octanol–water partition coefficient (Wildman–Crippen LogP) is 2.25. The summed E-state index contributed by atoms with van der Waals surface area (Å²) < 4.78 is 70.0. The quantitative estimate of drug-likeness (QED) is 0.594. The van der Waals surface area contributed by atoms with E-state index in [1.807, 2.05) is 0 Å². The van der Waals surface area contributed by atoms with E-state index in [2.05, 4.69) is 14.2 Å². The molecule has 1 aromatic carbocycles. The fourth-order valence-corrected chi connectivity index (χ4v) is 1.93. The Morgan fingerprint density at radius 1 is 1.24 bits per heavy atom. The largest absolute Gasteiger partial charge is 0.437 e. The standard InChI is InChI=1S/C12H14F3NO4S/c1-9-3-5-10(6-4-9)11(12(13,14)15)16-20-21(17,18)8-7-19-2/h3-6H,7-8H2,1-2H3. The van der Waals surface area contributed by atoms with Crippen molar-refractivity contribution in [1.29, 1.82) is 0 Å². The maximum atomic E-state index is 12.9. The number of aryl methyl sites for hydroxylation is 1. The van der Waals surface area contributed by atoms with E-state index in [0.29, 0.717) is 0 Å². The lowest BCUT2D eigenvalue weighted by atomic mass is 10.1. The molecule has 0 unspecified atom stereocenters. The lowest BCUT2D eigenvalue weighted by Gasteiger charge is -2.10. The SMILES string of the molecule is COCCS(=O)(=O)ON=C(c1ccc(C)cc1)C(F)(F)F. The lowest BCUT2D eigenvalue weighted by Crippen LogP contribution is -2.25. The van der Waals surface area contributed by atoms with Gasteiger partial charge in [-0.15, -0.1) is 0 Å². The molecule has 0 atom stereocenters. The molecule has 1 aromatic rings. The van der Waals surface area contributed by atoms with Gasteiger partial charge in [0.15, 0.2) is 5.71 Å². The number of oxime groups is 1. The molecule has 0 saturated heterocycles. The van der Waals surface area contributed by atoms with Gasteiger partial charge in [-0.05, 0) is 6.92 Å². The van der Waals surface area contributed by atoms with Crippen molar-refractivity contribution in [3.05, 3.63) is 35.4 Å². The second kappa shape index (κ2) is 6.90. The maximum absolute atomic E-state index is 12.9. The Labute approximate surface area is 120 Å². The fourth-order valence-electron chi connectivity index (χ4n) is 1.30. The summed E-state index contributed by atoms with van der Waals surface area (Å²) in [6.07, 6.45) is -4.84. The van der Waals surface area contributed by atoms with Crippen LogP contribution in [0.1, 0.15) is 11.1 Å². The Morgan fingerprint density at radius 3 is 2.29 bits per heavy atom. The molecule has 0 aliphatic heterocycles. The van der Waals surface area contributed by atoms with Crippen molar-refractivity contribution in [3.8, 4) is 0 Å². The summed E-state index contributed by atoms with van der Waals surface area (Å²) in [4.78, 5) is 0. The van der Waals surface area contributed by atoms with E-state index in [1.165, 1.54) is 31.4 Å². The minimum absolute atomic E-state index is 0.205. The van der Waals surface area contributed by atoms with Gasteiger partial charge in [-0.3, -0.25) is 4.28 Å². The van der Waals surface area contributed by atoms with Crippen molar-refractivity contribution in [1.82, 2.24) is 0 Å². The van der Waals surface area contributed by atoms with E-state index in [4.69, 9.17) is 0 Å². The van der Waals surface area contributed by atoms with Crippen LogP contribution in [-0.4, -0.2) is 39.8 Å². The highest BCUT2D eigenvalue weighted by Crippen LogP contribution is 2.23. The first kappa shape index (κ1) is 17.4. The highest BCUT2D eigenvalue weighted by molar-refractivity contribution is 7.86.